The molecule has 0 aliphatic heterocycles. The van der Waals surface area contributed by atoms with E-state index < -0.39 is 0 Å². The summed E-state index contributed by atoms with van der Waals surface area (Å²) in [6, 6.07) is 19.1. The number of carbonyl (C=O) groups is 1. The summed E-state index contributed by atoms with van der Waals surface area (Å²) in [7, 11) is 1.39. The zero-order chi connectivity index (χ0) is 25.6. The Morgan fingerprint density at radius 3 is 2.17 bits per heavy atom. The van der Waals surface area contributed by atoms with E-state index in [9.17, 15) is 4.79 Å². The molecule has 182 valence electrons. The van der Waals surface area contributed by atoms with Gasteiger partial charge in [-0.3, -0.25) is 0 Å². The fourth-order valence-corrected chi connectivity index (χ4v) is 5.52. The van der Waals surface area contributed by atoms with Crippen LogP contribution in [0, 0.1) is 10.8 Å². The smallest absolute Gasteiger partial charge is 0.330 e. The Kier molecular flexibility index (Phi) is 8.17. The maximum Gasteiger partial charge on any atom is 0.330 e. The minimum absolute atomic E-state index is 0.0310. The fraction of sp³-hybridized carbons (Fsp3) is 0.303. The van der Waals surface area contributed by atoms with E-state index in [-0.39, 0.29) is 16.8 Å². The lowest BCUT2D eigenvalue weighted by Gasteiger charge is -2.41. The Balaban J connectivity index is 2.36. The van der Waals surface area contributed by atoms with Gasteiger partial charge in [-0.05, 0) is 75.7 Å². The van der Waals surface area contributed by atoms with Crippen molar-refractivity contribution >= 4 is 23.2 Å². The third-order valence-corrected chi connectivity index (χ3v) is 6.64. The third kappa shape index (κ3) is 6.19. The highest BCUT2D eigenvalue weighted by Crippen LogP contribution is 2.51. The first-order valence-electron chi connectivity index (χ1n) is 12.3. The Labute approximate surface area is 211 Å². The van der Waals surface area contributed by atoms with E-state index in [1.54, 1.807) is 6.08 Å². The Bertz CT molecular complexity index is 1180. The monoisotopic (exact) mass is 466 g/mol. The van der Waals surface area contributed by atoms with Crippen LogP contribution in [0.1, 0.15) is 64.2 Å². The molecule has 0 bridgehead atoms. The van der Waals surface area contributed by atoms with Gasteiger partial charge in [0.2, 0.25) is 0 Å². The summed E-state index contributed by atoms with van der Waals surface area (Å²) in [5.41, 5.74) is 8.49. The first-order valence-corrected chi connectivity index (χ1v) is 12.3. The van der Waals surface area contributed by atoms with E-state index in [2.05, 4.69) is 108 Å². The van der Waals surface area contributed by atoms with Crippen LogP contribution in [-0.2, 0) is 9.53 Å². The molecule has 0 unspecified atom stereocenters. The molecule has 2 aromatic carbocycles. The second-order valence-corrected chi connectivity index (χ2v) is 10.6. The molecule has 0 fully saturated rings. The van der Waals surface area contributed by atoms with E-state index in [0.717, 1.165) is 24.0 Å². The largest absolute Gasteiger partial charge is 0.466 e. The number of carbonyl (C=O) groups excluding carboxylic acids is 1. The highest BCUT2D eigenvalue weighted by Gasteiger charge is 2.36. The highest BCUT2D eigenvalue weighted by molar-refractivity contribution is 6.01. The van der Waals surface area contributed by atoms with Crippen molar-refractivity contribution in [3.63, 3.8) is 0 Å². The van der Waals surface area contributed by atoms with Crippen LogP contribution in [0.3, 0.4) is 0 Å². The standard InChI is InChI=1S/C33H38O2/c1-8-13-27-29(9-2)33(5,6)23-32(3,4)22-28(25-14-11-10-12-15-25)31(27)26-19-16-24(17-20-26)18-21-30(34)35-7/h8-21H,2,22-23H2,1,3-7H3/b13-8-,21-18+,29-27-,31-28+. The maximum absolute atomic E-state index is 11.5. The van der Waals surface area contributed by atoms with Crippen molar-refractivity contribution in [2.24, 2.45) is 10.8 Å². The van der Waals surface area contributed by atoms with Crippen LogP contribution < -0.4 is 0 Å². The highest BCUT2D eigenvalue weighted by atomic mass is 16.5. The third-order valence-electron chi connectivity index (χ3n) is 6.64. The van der Waals surface area contributed by atoms with E-state index in [4.69, 9.17) is 4.74 Å². The minimum atomic E-state index is -0.360. The molecule has 1 aliphatic carbocycles. The van der Waals surface area contributed by atoms with Crippen molar-refractivity contribution < 1.29 is 9.53 Å². The van der Waals surface area contributed by atoms with E-state index >= 15 is 0 Å². The second kappa shape index (κ2) is 10.9. The first kappa shape index (κ1) is 26.2. The lowest BCUT2D eigenvalue weighted by atomic mass is 9.63. The first-order chi connectivity index (χ1) is 16.6. The zero-order valence-electron chi connectivity index (χ0n) is 22.0. The molecule has 0 saturated heterocycles. The van der Waals surface area contributed by atoms with Gasteiger partial charge < -0.3 is 4.74 Å². The van der Waals surface area contributed by atoms with E-state index in [0.29, 0.717) is 0 Å². The van der Waals surface area contributed by atoms with Crippen LogP contribution in [0.25, 0.3) is 17.2 Å². The van der Waals surface area contributed by atoms with Crippen LogP contribution in [0.15, 0.2) is 96.6 Å². The van der Waals surface area contributed by atoms with Crippen LogP contribution >= 0.6 is 0 Å². The number of rotatable bonds is 6. The SMILES string of the molecule is C=C/C1=C(\C=C/C)C(/c2ccc(/C=C/C(=O)OC)cc2)=C(/c2ccccc2)CC(C)(C)CC1(C)C. The molecule has 2 nitrogen and oxygen atoms in total. The molecule has 35 heavy (non-hydrogen) atoms. The topological polar surface area (TPSA) is 26.3 Å². The molecule has 3 rings (SSSR count). The number of allylic oxidation sites excluding steroid dienone is 7. The van der Waals surface area contributed by atoms with Gasteiger partial charge in [0.1, 0.15) is 0 Å². The van der Waals surface area contributed by atoms with Gasteiger partial charge in [-0.25, -0.2) is 4.79 Å². The molecular formula is C33H38O2. The molecule has 0 amide bonds. The molecule has 0 atom stereocenters. The van der Waals surface area contributed by atoms with Crippen molar-refractivity contribution in [3.8, 4) is 0 Å². The summed E-state index contributed by atoms with van der Waals surface area (Å²) >= 11 is 0. The number of benzene rings is 2. The van der Waals surface area contributed by atoms with Gasteiger partial charge in [0.25, 0.3) is 0 Å². The van der Waals surface area contributed by atoms with E-state index in [1.165, 1.54) is 41.0 Å². The quantitative estimate of drug-likeness (QED) is 0.314. The predicted octanol–water partition coefficient (Wildman–Crippen LogP) is 8.69. The molecule has 0 N–H and O–H groups in total. The molecule has 0 radical (unpaired) electrons. The minimum Gasteiger partial charge on any atom is -0.466 e. The number of ether oxygens (including phenoxy) is 1. The van der Waals surface area contributed by atoms with Crippen LogP contribution in [-0.4, -0.2) is 13.1 Å². The van der Waals surface area contributed by atoms with Crippen LogP contribution in [0.5, 0.6) is 0 Å². The molecule has 0 spiro atoms. The van der Waals surface area contributed by atoms with Crippen molar-refractivity contribution in [3.05, 3.63) is 113 Å². The summed E-state index contributed by atoms with van der Waals surface area (Å²) in [6.07, 6.45) is 11.7. The Hall–Kier alpha value is -3.39. The Morgan fingerprint density at radius 1 is 0.943 bits per heavy atom. The van der Waals surface area contributed by atoms with Crippen LogP contribution in [0.4, 0.5) is 0 Å². The number of methoxy groups -OCH3 is 1. The molecule has 2 heteroatoms. The fourth-order valence-electron chi connectivity index (χ4n) is 5.52. The van der Waals surface area contributed by atoms with Crippen molar-refractivity contribution in [1.29, 1.82) is 0 Å². The molecular weight excluding hydrogens is 428 g/mol. The van der Waals surface area contributed by atoms with Gasteiger partial charge in [-0.15, -0.1) is 0 Å². The molecule has 0 saturated carbocycles. The summed E-state index contributed by atoms with van der Waals surface area (Å²) in [6.45, 7) is 15.7. The van der Waals surface area contributed by atoms with Crippen molar-refractivity contribution in [2.45, 2.75) is 47.5 Å². The number of hydrogen-bond acceptors (Lipinski definition) is 2. The maximum atomic E-state index is 11.5. The molecule has 2 aromatic rings. The lowest BCUT2D eigenvalue weighted by Crippen LogP contribution is -2.27. The summed E-state index contributed by atoms with van der Waals surface area (Å²) in [4.78, 5) is 11.5. The van der Waals surface area contributed by atoms with Gasteiger partial charge in [0.05, 0.1) is 7.11 Å². The predicted molar refractivity (Wildman–Crippen MR) is 150 cm³/mol. The Morgan fingerprint density at radius 2 is 1.60 bits per heavy atom. The zero-order valence-corrected chi connectivity index (χ0v) is 22.0. The van der Waals surface area contributed by atoms with Gasteiger partial charge >= 0.3 is 5.97 Å². The summed E-state index contributed by atoms with van der Waals surface area (Å²) in [5.74, 6) is -0.360. The molecule has 0 aromatic heterocycles. The van der Waals surface area contributed by atoms with Gasteiger partial charge in [-0.2, -0.15) is 0 Å². The molecule has 1 aliphatic rings. The van der Waals surface area contributed by atoms with Crippen molar-refractivity contribution in [1.82, 2.24) is 0 Å². The summed E-state index contributed by atoms with van der Waals surface area (Å²) < 4.78 is 4.73. The van der Waals surface area contributed by atoms with Gasteiger partial charge in [0, 0.05) is 6.08 Å². The average molecular weight is 467 g/mol. The second-order valence-electron chi connectivity index (χ2n) is 10.6. The molecule has 0 heterocycles. The van der Waals surface area contributed by atoms with Crippen molar-refractivity contribution in [2.75, 3.05) is 7.11 Å². The average Bonchev–Trinajstić information content (AvgIpc) is 2.82. The normalized spacial score (nSPS) is 22.1. The lowest BCUT2D eigenvalue weighted by molar-refractivity contribution is -0.134. The van der Waals surface area contributed by atoms with Gasteiger partial charge in [0.15, 0.2) is 0 Å². The van der Waals surface area contributed by atoms with Crippen LogP contribution in [0.2, 0.25) is 0 Å². The van der Waals surface area contributed by atoms with Gasteiger partial charge in [-0.1, -0.05) is 107 Å². The number of hydrogen-bond donors (Lipinski definition) is 0. The number of esters is 1. The van der Waals surface area contributed by atoms with E-state index in [1.807, 2.05) is 6.08 Å². The summed E-state index contributed by atoms with van der Waals surface area (Å²) in [5, 5.41) is 0.